The van der Waals surface area contributed by atoms with Crippen LogP contribution in [0.5, 0.6) is 0 Å². The highest BCUT2D eigenvalue weighted by Gasteiger charge is 2.66. The van der Waals surface area contributed by atoms with E-state index in [-0.39, 0.29) is 0 Å². The van der Waals surface area contributed by atoms with Crippen LogP contribution in [-0.4, -0.2) is 0 Å². The summed E-state index contributed by atoms with van der Waals surface area (Å²) in [7, 11) is 0. The van der Waals surface area contributed by atoms with Crippen LogP contribution in [0.2, 0.25) is 0 Å². The van der Waals surface area contributed by atoms with Gasteiger partial charge in [-0.05, 0) is 80.5 Å². The van der Waals surface area contributed by atoms with E-state index in [4.69, 9.17) is 0 Å². The zero-order valence-electron chi connectivity index (χ0n) is 14.3. The zero-order valence-corrected chi connectivity index (χ0v) is 14.3. The van der Waals surface area contributed by atoms with Crippen molar-refractivity contribution < 1.29 is 0 Å². The van der Waals surface area contributed by atoms with Crippen molar-refractivity contribution in [2.75, 3.05) is 0 Å². The van der Waals surface area contributed by atoms with Gasteiger partial charge in [0.1, 0.15) is 0 Å². The highest BCUT2D eigenvalue weighted by molar-refractivity contribution is 5.15. The number of hydrogen-bond donors (Lipinski definition) is 0. The minimum Gasteiger partial charge on any atom is -0.0888 e. The average Bonchev–Trinajstić information content (AvgIpc) is 2.80. The van der Waals surface area contributed by atoms with Crippen LogP contribution in [0.4, 0.5) is 0 Å². The molecule has 4 aliphatic carbocycles. The topological polar surface area (TPSA) is 0 Å². The van der Waals surface area contributed by atoms with Crippen molar-refractivity contribution in [2.24, 2.45) is 29.1 Å². The molecule has 1 spiro atoms. The van der Waals surface area contributed by atoms with Gasteiger partial charge in [0.25, 0.3) is 0 Å². The van der Waals surface area contributed by atoms with Gasteiger partial charge in [0, 0.05) is 0 Å². The van der Waals surface area contributed by atoms with E-state index in [2.05, 4.69) is 26.0 Å². The molecular formula is C20H36. The SMILES string of the molecule is C1C2CC3CC4CC1CC34C2.CC.CC/C=C\CCC. The predicted octanol–water partition coefficient (Wildman–Crippen LogP) is 6.61. The van der Waals surface area contributed by atoms with Gasteiger partial charge in [-0.2, -0.15) is 0 Å². The summed E-state index contributed by atoms with van der Waals surface area (Å²) < 4.78 is 0. The standard InChI is InChI=1S/C11H16.C7H14.C2H6/c1-7-2-9-4-10-3-8(1)6-11(9,10)5-7;1-3-5-7-6-4-2;1-2/h7-10H,1-6H2;5,7H,3-4,6H2,1-2H3;1-2H3/b;7-5-;. The Morgan fingerprint density at radius 2 is 1.45 bits per heavy atom. The van der Waals surface area contributed by atoms with Gasteiger partial charge in [0.15, 0.2) is 0 Å². The molecule has 0 aromatic heterocycles. The summed E-state index contributed by atoms with van der Waals surface area (Å²) >= 11 is 0. The lowest BCUT2D eigenvalue weighted by Crippen LogP contribution is -2.41. The molecule has 4 rings (SSSR count). The lowest BCUT2D eigenvalue weighted by molar-refractivity contribution is 0.000658. The molecule has 4 fully saturated rings. The number of allylic oxidation sites excluding steroid dienone is 2. The van der Waals surface area contributed by atoms with Crippen LogP contribution in [0.15, 0.2) is 12.2 Å². The van der Waals surface area contributed by atoms with Gasteiger partial charge in [-0.1, -0.05) is 46.3 Å². The van der Waals surface area contributed by atoms with Crippen molar-refractivity contribution in [1.29, 1.82) is 0 Å². The van der Waals surface area contributed by atoms with E-state index in [1.165, 1.54) is 42.9 Å². The fraction of sp³-hybridized carbons (Fsp3) is 0.900. The third-order valence-electron chi connectivity index (χ3n) is 6.29. The number of unbranched alkanes of at least 4 members (excludes halogenated alkanes) is 1. The van der Waals surface area contributed by atoms with Crippen LogP contribution >= 0.6 is 0 Å². The summed E-state index contributed by atoms with van der Waals surface area (Å²) in [6.07, 6.45) is 18.0. The number of hydrogen-bond acceptors (Lipinski definition) is 0. The third-order valence-corrected chi connectivity index (χ3v) is 6.29. The Morgan fingerprint density at radius 1 is 0.850 bits per heavy atom. The van der Waals surface area contributed by atoms with E-state index in [0.29, 0.717) is 0 Å². The summed E-state index contributed by atoms with van der Waals surface area (Å²) in [6, 6.07) is 0. The fourth-order valence-corrected chi connectivity index (χ4v) is 5.73. The molecule has 0 aliphatic heterocycles. The van der Waals surface area contributed by atoms with Gasteiger partial charge in [-0.25, -0.2) is 0 Å². The van der Waals surface area contributed by atoms with E-state index < -0.39 is 0 Å². The second kappa shape index (κ2) is 7.14. The molecule has 4 atom stereocenters. The Morgan fingerprint density at radius 3 is 1.95 bits per heavy atom. The van der Waals surface area contributed by atoms with Gasteiger partial charge < -0.3 is 0 Å². The molecule has 4 saturated carbocycles. The molecule has 20 heavy (non-hydrogen) atoms. The van der Waals surface area contributed by atoms with Crippen molar-refractivity contribution in [2.45, 2.75) is 85.5 Å². The van der Waals surface area contributed by atoms with Crippen molar-refractivity contribution in [3.8, 4) is 0 Å². The van der Waals surface area contributed by atoms with Crippen LogP contribution in [0.1, 0.15) is 85.5 Å². The largest absolute Gasteiger partial charge is 0.0888 e. The van der Waals surface area contributed by atoms with Crippen LogP contribution in [0.3, 0.4) is 0 Å². The first-order chi connectivity index (χ1) is 9.78. The summed E-state index contributed by atoms with van der Waals surface area (Å²) in [5.41, 5.74) is 0.966. The first-order valence-corrected chi connectivity index (χ1v) is 9.43. The number of fused-ring (bicyclic) bond motifs is 2. The highest BCUT2D eigenvalue weighted by Crippen LogP contribution is 2.75. The van der Waals surface area contributed by atoms with Crippen molar-refractivity contribution in [1.82, 2.24) is 0 Å². The molecule has 0 aromatic rings. The molecule has 3 bridgehead atoms. The zero-order chi connectivity index (χ0) is 14.6. The minimum atomic E-state index is 0.966. The second-order valence-corrected chi connectivity index (χ2v) is 7.38. The monoisotopic (exact) mass is 276 g/mol. The Bertz CT molecular complexity index is 288. The molecule has 0 aromatic carbocycles. The maximum Gasteiger partial charge on any atom is -0.0235 e. The van der Waals surface area contributed by atoms with Crippen molar-refractivity contribution in [3.63, 3.8) is 0 Å². The summed E-state index contributed by atoms with van der Waals surface area (Å²) in [4.78, 5) is 0. The molecule has 0 amide bonds. The van der Waals surface area contributed by atoms with E-state index >= 15 is 0 Å². The molecular weight excluding hydrogens is 240 g/mol. The molecule has 0 nitrogen and oxygen atoms in total. The Balaban J connectivity index is 0.000000145. The van der Waals surface area contributed by atoms with E-state index in [1.54, 1.807) is 38.5 Å². The molecule has 0 radical (unpaired) electrons. The van der Waals surface area contributed by atoms with E-state index in [9.17, 15) is 0 Å². The molecule has 0 heteroatoms. The lowest BCUT2D eigenvalue weighted by atomic mass is 9.56. The Labute approximate surface area is 127 Å². The van der Waals surface area contributed by atoms with Crippen LogP contribution in [-0.2, 0) is 0 Å². The van der Waals surface area contributed by atoms with Gasteiger partial charge in [0.2, 0.25) is 0 Å². The van der Waals surface area contributed by atoms with Gasteiger partial charge in [0.05, 0.1) is 0 Å². The van der Waals surface area contributed by atoms with Gasteiger partial charge in [-0.3, -0.25) is 0 Å². The van der Waals surface area contributed by atoms with Crippen LogP contribution in [0, 0.1) is 29.1 Å². The Hall–Kier alpha value is -0.260. The first-order valence-electron chi connectivity index (χ1n) is 9.43. The molecule has 4 unspecified atom stereocenters. The number of rotatable bonds is 3. The molecule has 4 aliphatic rings. The molecule has 0 heterocycles. The average molecular weight is 277 g/mol. The van der Waals surface area contributed by atoms with Crippen molar-refractivity contribution >= 4 is 0 Å². The first kappa shape index (κ1) is 16.1. The maximum atomic E-state index is 2.24. The summed E-state index contributed by atoms with van der Waals surface area (Å²) in [6.45, 7) is 8.35. The summed E-state index contributed by atoms with van der Waals surface area (Å²) in [5, 5.41) is 0. The highest BCUT2D eigenvalue weighted by atomic mass is 14.7. The van der Waals surface area contributed by atoms with Gasteiger partial charge >= 0.3 is 0 Å². The Kier molecular flexibility index (Phi) is 5.75. The second-order valence-electron chi connectivity index (χ2n) is 7.38. The normalized spacial score (nSPS) is 42.4. The van der Waals surface area contributed by atoms with Crippen LogP contribution < -0.4 is 0 Å². The van der Waals surface area contributed by atoms with Crippen molar-refractivity contribution in [3.05, 3.63) is 12.2 Å². The molecule has 116 valence electrons. The quantitative estimate of drug-likeness (QED) is 0.509. The van der Waals surface area contributed by atoms with E-state index in [0.717, 1.165) is 5.41 Å². The molecule has 0 saturated heterocycles. The fourth-order valence-electron chi connectivity index (χ4n) is 5.73. The predicted molar refractivity (Wildman–Crippen MR) is 89.8 cm³/mol. The van der Waals surface area contributed by atoms with Gasteiger partial charge in [-0.15, -0.1) is 0 Å². The van der Waals surface area contributed by atoms with Crippen LogP contribution in [0.25, 0.3) is 0 Å². The summed E-state index contributed by atoms with van der Waals surface area (Å²) in [5.74, 6) is 4.80. The smallest absolute Gasteiger partial charge is 0.0235 e. The third kappa shape index (κ3) is 2.85. The molecule has 0 N–H and O–H groups in total. The maximum absolute atomic E-state index is 2.24. The minimum absolute atomic E-state index is 0.966. The lowest BCUT2D eigenvalue weighted by Gasteiger charge is -2.49. The van der Waals surface area contributed by atoms with E-state index in [1.807, 2.05) is 13.8 Å².